The summed E-state index contributed by atoms with van der Waals surface area (Å²) in [6.07, 6.45) is -1.17. The minimum absolute atomic E-state index is 0.0621. The van der Waals surface area contributed by atoms with Gasteiger partial charge in [0, 0.05) is 7.05 Å². The van der Waals surface area contributed by atoms with Gasteiger partial charge in [0.1, 0.15) is 17.1 Å². The number of carbonyl (C=O) groups excluding carboxylic acids is 3. The number of rotatable bonds is 5. The van der Waals surface area contributed by atoms with Gasteiger partial charge in [-0.1, -0.05) is 6.07 Å². The van der Waals surface area contributed by atoms with Gasteiger partial charge in [0.05, 0.1) is 14.2 Å². The van der Waals surface area contributed by atoms with Crippen LogP contribution in [0.1, 0.15) is 17.3 Å². The van der Waals surface area contributed by atoms with Crippen LogP contribution < -0.4 is 20.1 Å². The van der Waals surface area contributed by atoms with Crippen molar-refractivity contribution in [3.05, 3.63) is 23.8 Å². The van der Waals surface area contributed by atoms with E-state index in [1.54, 1.807) is 18.2 Å². The number of methoxy groups -OCH3 is 2. The van der Waals surface area contributed by atoms with Gasteiger partial charge in [-0.2, -0.15) is 0 Å². The van der Waals surface area contributed by atoms with Crippen LogP contribution in [0, 0.1) is 0 Å². The number of carbonyl (C=O) groups is 3. The first-order valence-corrected chi connectivity index (χ1v) is 6.39. The molecule has 2 N–H and O–H groups in total. The average molecular weight is 310 g/mol. The minimum atomic E-state index is -1.17. The molecule has 0 heterocycles. The van der Waals surface area contributed by atoms with Gasteiger partial charge in [-0.05, 0) is 19.1 Å². The summed E-state index contributed by atoms with van der Waals surface area (Å²) in [6.45, 7) is 1.35. The van der Waals surface area contributed by atoms with Crippen molar-refractivity contribution in [2.24, 2.45) is 0 Å². The van der Waals surface area contributed by atoms with E-state index in [-0.39, 0.29) is 17.1 Å². The Morgan fingerprint density at radius 2 is 1.64 bits per heavy atom. The molecule has 120 valence electrons. The number of hydrogen-bond acceptors (Lipinski definition) is 6. The summed E-state index contributed by atoms with van der Waals surface area (Å²) in [5, 5.41) is 4.24. The zero-order valence-corrected chi connectivity index (χ0v) is 12.8. The molecule has 0 saturated carbocycles. The normalized spacial score (nSPS) is 11.1. The van der Waals surface area contributed by atoms with E-state index < -0.39 is 24.0 Å². The lowest BCUT2D eigenvalue weighted by Crippen LogP contribution is -2.43. The van der Waals surface area contributed by atoms with Gasteiger partial charge >= 0.3 is 12.0 Å². The van der Waals surface area contributed by atoms with Crippen molar-refractivity contribution in [3.8, 4) is 11.5 Å². The van der Waals surface area contributed by atoms with Gasteiger partial charge in [0.25, 0.3) is 5.91 Å². The van der Waals surface area contributed by atoms with E-state index in [0.29, 0.717) is 0 Å². The molecule has 3 amide bonds. The Kier molecular flexibility index (Phi) is 6.18. The number of esters is 1. The van der Waals surface area contributed by atoms with Crippen molar-refractivity contribution in [3.63, 3.8) is 0 Å². The molecule has 0 aliphatic carbocycles. The number of urea groups is 1. The lowest BCUT2D eigenvalue weighted by Gasteiger charge is -2.15. The Hall–Kier alpha value is -2.77. The van der Waals surface area contributed by atoms with Gasteiger partial charge < -0.3 is 19.5 Å². The summed E-state index contributed by atoms with van der Waals surface area (Å²) in [6, 6.07) is 4.08. The third kappa shape index (κ3) is 4.11. The van der Waals surface area contributed by atoms with E-state index >= 15 is 0 Å². The predicted octanol–water partition coefficient (Wildman–Crippen LogP) is 0.705. The average Bonchev–Trinajstić information content (AvgIpc) is 2.53. The van der Waals surface area contributed by atoms with Crippen LogP contribution in [0.3, 0.4) is 0 Å². The summed E-state index contributed by atoms with van der Waals surface area (Å²) in [5.41, 5.74) is 0.0621. The Morgan fingerprint density at radius 1 is 1.09 bits per heavy atom. The van der Waals surface area contributed by atoms with Crippen LogP contribution >= 0.6 is 0 Å². The van der Waals surface area contributed by atoms with Crippen molar-refractivity contribution in [2.45, 2.75) is 13.0 Å². The molecule has 0 aromatic heterocycles. The molecule has 0 bridgehead atoms. The van der Waals surface area contributed by atoms with Gasteiger partial charge in [0.15, 0.2) is 6.10 Å². The topological polar surface area (TPSA) is 103 Å². The lowest BCUT2D eigenvalue weighted by atomic mass is 10.1. The molecule has 0 radical (unpaired) electrons. The van der Waals surface area contributed by atoms with Crippen LogP contribution in [-0.2, 0) is 9.53 Å². The number of nitrogens with one attached hydrogen (secondary N) is 2. The maximum Gasteiger partial charge on any atom is 0.346 e. The first-order chi connectivity index (χ1) is 10.4. The van der Waals surface area contributed by atoms with Crippen LogP contribution in [0.15, 0.2) is 18.2 Å². The maximum absolute atomic E-state index is 12.2. The van der Waals surface area contributed by atoms with Gasteiger partial charge in [0.2, 0.25) is 0 Å². The summed E-state index contributed by atoms with van der Waals surface area (Å²) in [4.78, 5) is 34.9. The first kappa shape index (κ1) is 17.3. The zero-order valence-electron chi connectivity index (χ0n) is 12.8. The van der Waals surface area contributed by atoms with Crippen LogP contribution in [0.25, 0.3) is 0 Å². The molecule has 1 atom stereocenters. The molecule has 1 aromatic rings. The SMILES string of the molecule is CNC(=O)NC(=O)[C@@H](C)OC(=O)c1c(OC)cccc1OC. The third-order valence-electron chi connectivity index (χ3n) is 2.75. The van der Waals surface area contributed by atoms with Gasteiger partial charge in [-0.3, -0.25) is 10.1 Å². The summed E-state index contributed by atoms with van der Waals surface area (Å²) in [5.74, 6) is -1.04. The highest BCUT2D eigenvalue weighted by molar-refractivity contribution is 6.00. The number of amides is 3. The zero-order chi connectivity index (χ0) is 16.7. The highest BCUT2D eigenvalue weighted by Gasteiger charge is 2.25. The number of hydrogen-bond donors (Lipinski definition) is 2. The van der Waals surface area contributed by atoms with Crippen LogP contribution in [0.5, 0.6) is 11.5 Å². The van der Waals surface area contributed by atoms with Gasteiger partial charge in [-0.15, -0.1) is 0 Å². The van der Waals surface area contributed by atoms with E-state index in [1.807, 2.05) is 5.32 Å². The van der Waals surface area contributed by atoms with E-state index in [9.17, 15) is 14.4 Å². The molecular weight excluding hydrogens is 292 g/mol. The molecule has 0 unspecified atom stereocenters. The Morgan fingerprint density at radius 3 is 2.09 bits per heavy atom. The summed E-state index contributed by atoms with van der Waals surface area (Å²) >= 11 is 0. The molecule has 1 rings (SSSR count). The van der Waals surface area contributed by atoms with Crippen LogP contribution in [0.2, 0.25) is 0 Å². The molecule has 0 aliphatic rings. The predicted molar refractivity (Wildman–Crippen MR) is 77.0 cm³/mol. The molecular formula is C14H18N2O6. The van der Waals surface area contributed by atoms with E-state index in [1.165, 1.54) is 28.2 Å². The van der Waals surface area contributed by atoms with Crippen molar-refractivity contribution >= 4 is 17.9 Å². The summed E-state index contributed by atoms with van der Waals surface area (Å²) in [7, 11) is 4.15. The van der Waals surface area contributed by atoms with Crippen molar-refractivity contribution in [1.82, 2.24) is 10.6 Å². The van der Waals surface area contributed by atoms with E-state index in [4.69, 9.17) is 14.2 Å². The molecule has 1 aromatic carbocycles. The van der Waals surface area contributed by atoms with Crippen molar-refractivity contribution in [1.29, 1.82) is 0 Å². The molecule has 8 nitrogen and oxygen atoms in total. The van der Waals surface area contributed by atoms with E-state index in [0.717, 1.165) is 0 Å². The fourth-order valence-electron chi connectivity index (χ4n) is 1.60. The molecule has 0 aliphatic heterocycles. The van der Waals surface area contributed by atoms with Crippen LogP contribution in [0.4, 0.5) is 4.79 Å². The molecule has 8 heteroatoms. The lowest BCUT2D eigenvalue weighted by molar-refractivity contribution is -0.127. The largest absolute Gasteiger partial charge is 0.496 e. The second-order valence-corrected chi connectivity index (χ2v) is 4.15. The Balaban J connectivity index is 2.89. The van der Waals surface area contributed by atoms with Crippen molar-refractivity contribution in [2.75, 3.05) is 21.3 Å². The smallest absolute Gasteiger partial charge is 0.346 e. The minimum Gasteiger partial charge on any atom is -0.496 e. The van der Waals surface area contributed by atoms with Gasteiger partial charge in [-0.25, -0.2) is 9.59 Å². The molecule has 0 fully saturated rings. The quantitative estimate of drug-likeness (QED) is 0.776. The molecule has 22 heavy (non-hydrogen) atoms. The maximum atomic E-state index is 12.2. The fraction of sp³-hybridized carbons (Fsp3) is 0.357. The molecule has 0 saturated heterocycles. The first-order valence-electron chi connectivity index (χ1n) is 6.39. The standard InChI is InChI=1S/C14H18N2O6/c1-8(12(17)16-14(19)15-2)22-13(18)11-9(20-3)6-5-7-10(11)21-4/h5-8H,1-4H3,(H2,15,16,17,19)/t8-/m1/s1. The Labute approximate surface area is 127 Å². The van der Waals surface area contributed by atoms with Crippen LogP contribution in [-0.4, -0.2) is 45.3 Å². The monoisotopic (exact) mass is 310 g/mol. The number of benzene rings is 1. The third-order valence-corrected chi connectivity index (χ3v) is 2.75. The second kappa shape index (κ2) is 7.87. The van der Waals surface area contributed by atoms with E-state index in [2.05, 4.69) is 5.32 Å². The number of ether oxygens (including phenoxy) is 3. The fourth-order valence-corrected chi connectivity index (χ4v) is 1.60. The summed E-state index contributed by atoms with van der Waals surface area (Å²) < 4.78 is 15.2. The highest BCUT2D eigenvalue weighted by Crippen LogP contribution is 2.29. The molecule has 0 spiro atoms. The highest BCUT2D eigenvalue weighted by atomic mass is 16.6. The Bertz CT molecular complexity index is 550. The number of imide groups is 1. The second-order valence-electron chi connectivity index (χ2n) is 4.15. The van der Waals surface area contributed by atoms with Crippen molar-refractivity contribution < 1.29 is 28.6 Å².